The van der Waals surface area contributed by atoms with E-state index >= 15 is 0 Å². The fraction of sp³-hybridized carbons (Fsp3) is 0.286. The lowest BCUT2D eigenvalue weighted by molar-refractivity contribution is -0.120. The summed E-state index contributed by atoms with van der Waals surface area (Å²) in [5, 5.41) is 6.60. The van der Waals surface area contributed by atoms with E-state index in [9.17, 15) is 14.0 Å². The van der Waals surface area contributed by atoms with E-state index in [1.807, 2.05) is 13.0 Å². The fourth-order valence-corrected chi connectivity index (χ4v) is 3.07. The summed E-state index contributed by atoms with van der Waals surface area (Å²) in [6.45, 7) is 1.62. The second-order valence-electron chi connectivity index (χ2n) is 6.61. The molecule has 5 nitrogen and oxygen atoms in total. The maximum absolute atomic E-state index is 12.9. The van der Waals surface area contributed by atoms with Crippen LogP contribution in [0.4, 0.5) is 4.39 Å². The molecule has 0 unspecified atom stereocenters. The number of hydrogen-bond donors (Lipinski definition) is 2. The van der Waals surface area contributed by atoms with Crippen LogP contribution in [-0.4, -0.2) is 24.1 Å². The van der Waals surface area contributed by atoms with E-state index in [0.717, 1.165) is 18.4 Å². The lowest BCUT2D eigenvalue weighted by Crippen LogP contribution is -2.35. The van der Waals surface area contributed by atoms with Gasteiger partial charge >= 0.3 is 0 Å². The van der Waals surface area contributed by atoms with Gasteiger partial charge in [0.25, 0.3) is 11.8 Å². The van der Waals surface area contributed by atoms with Crippen LogP contribution in [0.5, 0.6) is 0 Å². The first-order chi connectivity index (χ1) is 13.0. The zero-order chi connectivity index (χ0) is 19.2. The quantitative estimate of drug-likeness (QED) is 0.630. The molecule has 0 saturated heterocycles. The Morgan fingerprint density at radius 3 is 2.41 bits per heavy atom. The van der Waals surface area contributed by atoms with Gasteiger partial charge in [-0.25, -0.2) is 9.82 Å². The first-order valence-electron chi connectivity index (χ1n) is 9.02. The smallest absolute Gasteiger partial charge is 0.259 e. The highest BCUT2D eigenvalue weighted by Gasteiger charge is 2.11. The van der Waals surface area contributed by atoms with Gasteiger partial charge < -0.3 is 5.32 Å². The lowest BCUT2D eigenvalue weighted by Gasteiger charge is -2.16. The highest BCUT2D eigenvalue weighted by Crippen LogP contribution is 2.22. The van der Waals surface area contributed by atoms with E-state index in [4.69, 9.17) is 0 Å². The number of benzene rings is 2. The molecule has 0 bridgehead atoms. The standard InChI is InChI=1S/C21H22FN3O2/c1-14(17-7-6-15-4-2-3-5-18(15)12-17)24-25-20(26)13-23-21(27)16-8-10-19(22)11-9-16/h6-12H,2-5,13H2,1H3,(H,23,27)(H,25,26)/b24-14-. The second-order valence-corrected chi connectivity index (χ2v) is 6.61. The third-order valence-corrected chi connectivity index (χ3v) is 4.63. The van der Waals surface area contributed by atoms with Crippen LogP contribution < -0.4 is 10.7 Å². The molecule has 0 saturated carbocycles. The molecular weight excluding hydrogens is 345 g/mol. The number of halogens is 1. The van der Waals surface area contributed by atoms with Gasteiger partial charge in [-0.15, -0.1) is 0 Å². The van der Waals surface area contributed by atoms with Crippen LogP contribution in [0.2, 0.25) is 0 Å². The Morgan fingerprint density at radius 1 is 1.00 bits per heavy atom. The number of nitrogens with zero attached hydrogens (tertiary/aromatic N) is 1. The first-order valence-corrected chi connectivity index (χ1v) is 9.02. The minimum Gasteiger partial charge on any atom is -0.343 e. The van der Waals surface area contributed by atoms with Crippen molar-refractivity contribution in [3.05, 3.63) is 70.5 Å². The molecule has 0 fully saturated rings. The topological polar surface area (TPSA) is 70.6 Å². The molecule has 0 radical (unpaired) electrons. The van der Waals surface area contributed by atoms with Gasteiger partial charge in [0.2, 0.25) is 0 Å². The largest absolute Gasteiger partial charge is 0.343 e. The van der Waals surface area contributed by atoms with Crippen molar-refractivity contribution >= 4 is 17.5 Å². The van der Waals surface area contributed by atoms with Crippen molar-refractivity contribution in [1.82, 2.24) is 10.7 Å². The van der Waals surface area contributed by atoms with Gasteiger partial charge in [-0.1, -0.05) is 12.1 Å². The van der Waals surface area contributed by atoms with Crippen molar-refractivity contribution in [2.24, 2.45) is 5.10 Å². The minimum absolute atomic E-state index is 0.211. The molecule has 0 aliphatic heterocycles. The zero-order valence-corrected chi connectivity index (χ0v) is 15.2. The third-order valence-electron chi connectivity index (χ3n) is 4.63. The number of nitrogens with one attached hydrogen (secondary N) is 2. The molecule has 2 aromatic carbocycles. The number of hydrogen-bond acceptors (Lipinski definition) is 3. The molecular formula is C21H22FN3O2. The molecule has 6 heteroatoms. The molecule has 140 valence electrons. The lowest BCUT2D eigenvalue weighted by atomic mass is 9.90. The number of aryl methyl sites for hydroxylation is 2. The summed E-state index contributed by atoms with van der Waals surface area (Å²) < 4.78 is 12.9. The molecule has 2 aromatic rings. The Kier molecular flexibility index (Phi) is 5.96. The predicted molar refractivity (Wildman–Crippen MR) is 102 cm³/mol. The number of fused-ring (bicyclic) bond motifs is 1. The summed E-state index contributed by atoms with van der Waals surface area (Å²) in [5.41, 5.74) is 7.18. The normalized spacial score (nSPS) is 13.6. The van der Waals surface area contributed by atoms with Gasteiger partial charge in [-0.2, -0.15) is 5.10 Å². The minimum atomic E-state index is -0.444. The Bertz CT molecular complexity index is 875. The fourth-order valence-electron chi connectivity index (χ4n) is 3.07. The molecule has 2 amide bonds. The SMILES string of the molecule is C/C(=N/NC(=O)CNC(=O)c1ccc(F)cc1)c1ccc2c(c1)CCCC2. The van der Waals surface area contributed by atoms with Gasteiger partial charge in [0.1, 0.15) is 5.82 Å². The summed E-state index contributed by atoms with van der Waals surface area (Å²) in [6, 6.07) is 11.4. The van der Waals surface area contributed by atoms with Crippen molar-refractivity contribution in [3.8, 4) is 0 Å². The number of hydrazone groups is 1. The van der Waals surface area contributed by atoms with Crippen LogP contribution in [0.3, 0.4) is 0 Å². The summed E-state index contributed by atoms with van der Waals surface area (Å²) in [7, 11) is 0. The molecule has 2 N–H and O–H groups in total. The van der Waals surface area contributed by atoms with Crippen LogP contribution in [0.1, 0.15) is 46.8 Å². The summed E-state index contributed by atoms with van der Waals surface area (Å²) in [5.74, 6) is -1.29. The van der Waals surface area contributed by atoms with Gasteiger partial charge in [-0.05, 0) is 79.6 Å². The van der Waals surface area contributed by atoms with Crippen molar-refractivity contribution in [3.63, 3.8) is 0 Å². The van der Waals surface area contributed by atoms with E-state index < -0.39 is 17.6 Å². The van der Waals surface area contributed by atoms with Gasteiger partial charge in [0.05, 0.1) is 12.3 Å². The van der Waals surface area contributed by atoms with Crippen LogP contribution in [0.15, 0.2) is 47.6 Å². The van der Waals surface area contributed by atoms with E-state index in [1.54, 1.807) is 0 Å². The highest BCUT2D eigenvalue weighted by atomic mass is 19.1. The van der Waals surface area contributed by atoms with Crippen molar-refractivity contribution < 1.29 is 14.0 Å². The van der Waals surface area contributed by atoms with Crippen LogP contribution in [-0.2, 0) is 17.6 Å². The molecule has 1 aliphatic rings. The van der Waals surface area contributed by atoms with E-state index in [0.29, 0.717) is 5.71 Å². The van der Waals surface area contributed by atoms with E-state index in [-0.39, 0.29) is 12.1 Å². The molecule has 0 spiro atoms. The molecule has 0 heterocycles. The summed E-state index contributed by atoms with van der Waals surface area (Å²) in [4.78, 5) is 23.8. The molecule has 3 rings (SSSR count). The third kappa shape index (κ3) is 5.00. The summed E-state index contributed by atoms with van der Waals surface area (Å²) >= 11 is 0. The molecule has 27 heavy (non-hydrogen) atoms. The van der Waals surface area contributed by atoms with E-state index in [2.05, 4.69) is 28.0 Å². The van der Waals surface area contributed by atoms with Gasteiger partial charge in [0.15, 0.2) is 0 Å². The maximum atomic E-state index is 12.9. The maximum Gasteiger partial charge on any atom is 0.259 e. The number of carbonyl (C=O) groups excluding carboxylic acids is 2. The molecule has 0 atom stereocenters. The summed E-state index contributed by atoms with van der Waals surface area (Å²) in [6.07, 6.45) is 4.64. The van der Waals surface area contributed by atoms with Crippen LogP contribution >= 0.6 is 0 Å². The Labute approximate surface area is 157 Å². The predicted octanol–water partition coefficient (Wildman–Crippen LogP) is 2.97. The number of amides is 2. The second kappa shape index (κ2) is 8.58. The van der Waals surface area contributed by atoms with Crippen molar-refractivity contribution in [2.75, 3.05) is 6.54 Å². The average molecular weight is 367 g/mol. The molecule has 1 aliphatic carbocycles. The van der Waals surface area contributed by atoms with Crippen LogP contribution in [0.25, 0.3) is 0 Å². The Morgan fingerprint density at radius 2 is 1.67 bits per heavy atom. The van der Waals surface area contributed by atoms with Gasteiger partial charge in [-0.3, -0.25) is 9.59 Å². The number of rotatable bonds is 5. The Balaban J connectivity index is 1.53. The van der Waals surface area contributed by atoms with Crippen molar-refractivity contribution in [2.45, 2.75) is 32.6 Å². The van der Waals surface area contributed by atoms with Gasteiger partial charge in [0, 0.05) is 5.56 Å². The Hall–Kier alpha value is -3.02. The number of carbonyl (C=O) groups is 2. The van der Waals surface area contributed by atoms with Crippen LogP contribution in [0, 0.1) is 5.82 Å². The zero-order valence-electron chi connectivity index (χ0n) is 15.2. The monoisotopic (exact) mass is 367 g/mol. The first kappa shape index (κ1) is 18.8. The average Bonchev–Trinajstić information content (AvgIpc) is 2.70. The van der Waals surface area contributed by atoms with E-state index in [1.165, 1.54) is 48.2 Å². The molecule has 0 aromatic heterocycles. The highest BCUT2D eigenvalue weighted by molar-refractivity contribution is 6.00. The van der Waals surface area contributed by atoms with Crippen molar-refractivity contribution in [1.29, 1.82) is 0 Å².